The third-order valence-electron chi connectivity index (χ3n) is 2.61. The number of hydrogen-bond acceptors (Lipinski definition) is 3. The highest BCUT2D eigenvalue weighted by atomic mass is 127. The normalized spacial score (nSPS) is 16.7. The molecule has 1 heterocycles. The van der Waals surface area contributed by atoms with Crippen LogP contribution in [0.1, 0.15) is 30.7 Å². The zero-order valence-electron chi connectivity index (χ0n) is 10.7. The van der Waals surface area contributed by atoms with Gasteiger partial charge in [-0.1, -0.05) is 11.6 Å². The molecule has 1 aromatic rings. The predicted octanol–water partition coefficient (Wildman–Crippen LogP) is 2.77. The lowest BCUT2D eigenvalue weighted by Crippen LogP contribution is -2.38. The summed E-state index contributed by atoms with van der Waals surface area (Å²) in [7, 11) is 0. The van der Waals surface area contributed by atoms with Crippen LogP contribution in [-0.4, -0.2) is 30.2 Å². The van der Waals surface area contributed by atoms with Crippen LogP contribution in [0.4, 0.5) is 0 Å². The van der Waals surface area contributed by atoms with Gasteiger partial charge in [-0.2, -0.15) is 0 Å². The maximum absolute atomic E-state index is 9.99. The van der Waals surface area contributed by atoms with Gasteiger partial charge in [-0.3, -0.25) is 4.99 Å². The Bertz CT molecular complexity index is 423. The van der Waals surface area contributed by atoms with Crippen molar-refractivity contribution in [3.8, 4) is 0 Å². The average molecular weight is 416 g/mol. The van der Waals surface area contributed by atoms with E-state index < -0.39 is 6.10 Å². The van der Waals surface area contributed by atoms with Gasteiger partial charge in [0, 0.05) is 17.5 Å². The zero-order valence-corrected chi connectivity index (χ0v) is 14.6. The summed E-state index contributed by atoms with van der Waals surface area (Å²) in [6, 6.07) is 4.19. The average Bonchev–Trinajstić information content (AvgIpc) is 3.05. The Morgan fingerprint density at radius 3 is 2.84 bits per heavy atom. The van der Waals surface area contributed by atoms with E-state index in [-0.39, 0.29) is 24.0 Å². The lowest BCUT2D eigenvalue weighted by atomic mass is 10.3. The highest BCUT2D eigenvalue weighted by Crippen LogP contribution is 2.27. The number of thiophene rings is 1. The molecule has 1 fully saturated rings. The fourth-order valence-electron chi connectivity index (χ4n) is 1.52. The molecular formula is C12H19ClIN3OS. The molecule has 108 valence electrons. The van der Waals surface area contributed by atoms with Crippen LogP contribution < -0.4 is 10.6 Å². The number of aliphatic hydroxyl groups excluding tert-OH is 1. The quantitative estimate of drug-likeness (QED) is 0.394. The molecule has 1 unspecified atom stereocenters. The summed E-state index contributed by atoms with van der Waals surface area (Å²) in [4.78, 5) is 5.24. The first-order chi connectivity index (χ1) is 8.69. The van der Waals surface area contributed by atoms with E-state index in [1.807, 2.05) is 13.0 Å². The molecule has 1 atom stereocenters. The minimum absolute atomic E-state index is 0. The molecule has 0 radical (unpaired) electrons. The molecule has 0 spiro atoms. The van der Waals surface area contributed by atoms with E-state index in [1.54, 1.807) is 6.07 Å². The van der Waals surface area contributed by atoms with E-state index in [0.29, 0.717) is 16.9 Å². The molecular weight excluding hydrogens is 397 g/mol. The van der Waals surface area contributed by atoms with Gasteiger partial charge in [-0.05, 0) is 31.9 Å². The SMILES string of the molecule is CCNC(=NCC(O)c1ccc(Cl)s1)NC1CC1.I. The Hall–Kier alpha value is -0.0500. The molecule has 3 N–H and O–H groups in total. The van der Waals surface area contributed by atoms with E-state index in [1.165, 1.54) is 24.2 Å². The summed E-state index contributed by atoms with van der Waals surface area (Å²) in [5, 5.41) is 16.5. The highest BCUT2D eigenvalue weighted by molar-refractivity contribution is 14.0. The van der Waals surface area contributed by atoms with Crippen molar-refractivity contribution >= 4 is 52.9 Å². The second-order valence-corrected chi connectivity index (χ2v) is 6.04. The Labute approximate surface area is 139 Å². The molecule has 0 amide bonds. The smallest absolute Gasteiger partial charge is 0.191 e. The van der Waals surface area contributed by atoms with Crippen molar-refractivity contribution in [2.45, 2.75) is 31.9 Å². The van der Waals surface area contributed by atoms with Crippen molar-refractivity contribution in [3.05, 3.63) is 21.3 Å². The number of nitrogens with one attached hydrogen (secondary N) is 2. The van der Waals surface area contributed by atoms with Gasteiger partial charge < -0.3 is 15.7 Å². The molecule has 0 aliphatic heterocycles. The predicted molar refractivity (Wildman–Crippen MR) is 91.8 cm³/mol. The van der Waals surface area contributed by atoms with Crippen molar-refractivity contribution in [3.63, 3.8) is 0 Å². The second kappa shape index (κ2) is 8.28. The van der Waals surface area contributed by atoms with Crippen molar-refractivity contribution in [1.82, 2.24) is 10.6 Å². The molecule has 7 heteroatoms. The summed E-state index contributed by atoms with van der Waals surface area (Å²) in [6.07, 6.45) is 1.82. The monoisotopic (exact) mass is 415 g/mol. The maximum atomic E-state index is 9.99. The number of guanidine groups is 1. The first-order valence-electron chi connectivity index (χ1n) is 6.17. The van der Waals surface area contributed by atoms with Crippen LogP contribution in [0.15, 0.2) is 17.1 Å². The summed E-state index contributed by atoms with van der Waals surface area (Å²) in [5.74, 6) is 0.779. The van der Waals surface area contributed by atoms with Gasteiger partial charge in [0.15, 0.2) is 5.96 Å². The summed E-state index contributed by atoms with van der Waals surface area (Å²) in [6.45, 7) is 3.19. The Kier molecular flexibility index (Phi) is 7.41. The first-order valence-corrected chi connectivity index (χ1v) is 7.36. The molecule has 19 heavy (non-hydrogen) atoms. The molecule has 1 aliphatic carbocycles. The second-order valence-electron chi connectivity index (χ2n) is 4.30. The number of rotatable bonds is 5. The Morgan fingerprint density at radius 2 is 2.32 bits per heavy atom. The van der Waals surface area contributed by atoms with E-state index in [4.69, 9.17) is 11.6 Å². The van der Waals surface area contributed by atoms with Crippen LogP contribution in [0.5, 0.6) is 0 Å². The third kappa shape index (κ3) is 5.85. The number of aliphatic hydroxyl groups is 1. The van der Waals surface area contributed by atoms with Crippen LogP contribution in [0.2, 0.25) is 4.34 Å². The topological polar surface area (TPSA) is 56.7 Å². The third-order valence-corrected chi connectivity index (χ3v) is 3.94. The van der Waals surface area contributed by atoms with Crippen molar-refractivity contribution < 1.29 is 5.11 Å². The summed E-state index contributed by atoms with van der Waals surface area (Å²) >= 11 is 7.23. The first kappa shape index (κ1) is 17.0. The van der Waals surface area contributed by atoms with Crippen molar-refractivity contribution in [2.24, 2.45) is 4.99 Å². The Morgan fingerprint density at radius 1 is 1.58 bits per heavy atom. The molecule has 1 aromatic heterocycles. The molecule has 2 rings (SSSR count). The van der Waals surface area contributed by atoms with E-state index in [0.717, 1.165) is 17.4 Å². The number of nitrogens with zero attached hydrogens (tertiary/aromatic N) is 1. The summed E-state index contributed by atoms with van der Waals surface area (Å²) in [5.41, 5.74) is 0. The standard InChI is InChI=1S/C12H18ClN3OS.HI/c1-2-14-12(16-8-3-4-8)15-7-9(17)10-5-6-11(13)18-10;/h5-6,8-9,17H,2-4,7H2,1H3,(H2,14,15,16);1H. The molecule has 4 nitrogen and oxygen atoms in total. The summed E-state index contributed by atoms with van der Waals surface area (Å²) < 4.78 is 0.691. The lowest BCUT2D eigenvalue weighted by molar-refractivity contribution is 0.191. The molecule has 0 saturated heterocycles. The minimum Gasteiger partial charge on any atom is -0.386 e. The zero-order chi connectivity index (χ0) is 13.0. The van der Waals surface area contributed by atoms with Gasteiger partial charge in [0.2, 0.25) is 0 Å². The maximum Gasteiger partial charge on any atom is 0.191 e. The van der Waals surface area contributed by atoms with Crippen molar-refractivity contribution in [2.75, 3.05) is 13.1 Å². The molecule has 0 aromatic carbocycles. The molecule has 1 saturated carbocycles. The van der Waals surface area contributed by atoms with Gasteiger partial charge in [0.05, 0.1) is 10.9 Å². The van der Waals surface area contributed by atoms with Crippen LogP contribution in [0.3, 0.4) is 0 Å². The molecule has 0 bridgehead atoms. The number of aliphatic imine (C=N–C) groups is 1. The van der Waals surface area contributed by atoms with Crippen LogP contribution in [0.25, 0.3) is 0 Å². The fourth-order valence-corrected chi connectivity index (χ4v) is 2.55. The molecule has 1 aliphatic rings. The van der Waals surface area contributed by atoms with Crippen molar-refractivity contribution in [1.29, 1.82) is 0 Å². The number of hydrogen-bond donors (Lipinski definition) is 3. The van der Waals surface area contributed by atoms with Crippen LogP contribution in [0, 0.1) is 0 Å². The van der Waals surface area contributed by atoms with Crippen LogP contribution >= 0.6 is 46.9 Å². The highest BCUT2D eigenvalue weighted by Gasteiger charge is 2.22. The lowest BCUT2D eigenvalue weighted by Gasteiger charge is -2.11. The fraction of sp³-hybridized carbons (Fsp3) is 0.583. The Balaban J connectivity index is 0.00000180. The van der Waals surface area contributed by atoms with Crippen LogP contribution in [-0.2, 0) is 0 Å². The van der Waals surface area contributed by atoms with E-state index in [2.05, 4.69) is 15.6 Å². The van der Waals surface area contributed by atoms with Gasteiger partial charge in [0.25, 0.3) is 0 Å². The van der Waals surface area contributed by atoms with Gasteiger partial charge in [-0.25, -0.2) is 0 Å². The van der Waals surface area contributed by atoms with Gasteiger partial charge >= 0.3 is 0 Å². The van der Waals surface area contributed by atoms with E-state index in [9.17, 15) is 5.11 Å². The number of halogens is 2. The van der Waals surface area contributed by atoms with Gasteiger partial charge in [-0.15, -0.1) is 35.3 Å². The largest absolute Gasteiger partial charge is 0.386 e. The minimum atomic E-state index is -0.586. The van der Waals surface area contributed by atoms with E-state index >= 15 is 0 Å². The van der Waals surface area contributed by atoms with Gasteiger partial charge in [0.1, 0.15) is 6.10 Å².